The van der Waals surface area contributed by atoms with Crippen molar-refractivity contribution in [1.82, 2.24) is 4.98 Å². The second kappa shape index (κ2) is 6.10. The molecule has 1 unspecified atom stereocenters. The number of methoxy groups -OCH3 is 2. The molecule has 4 nitrogen and oxygen atoms in total. The molecule has 1 aromatic heterocycles. The predicted molar refractivity (Wildman–Crippen MR) is 77.0 cm³/mol. The minimum Gasteiger partial charge on any atom is -0.493 e. The lowest BCUT2D eigenvalue weighted by atomic mass is 9.89. The summed E-state index contributed by atoms with van der Waals surface area (Å²) in [5.74, 6) is 0.653. The van der Waals surface area contributed by atoms with Gasteiger partial charge in [-0.15, -0.1) is 0 Å². The first-order valence-electron chi connectivity index (χ1n) is 6.51. The van der Waals surface area contributed by atoms with Gasteiger partial charge in [0.05, 0.1) is 26.0 Å². The highest BCUT2D eigenvalue weighted by atomic mass is 19.1. The summed E-state index contributed by atoms with van der Waals surface area (Å²) in [6.07, 6.45) is 2.80. The maximum absolute atomic E-state index is 13.8. The SMILES string of the molecule is COc1ccc(CC(C)(O)c2ccncc2F)cc1OC. The highest BCUT2D eigenvalue weighted by Crippen LogP contribution is 2.32. The molecule has 0 amide bonds. The molecule has 1 heterocycles. The molecule has 0 saturated carbocycles. The van der Waals surface area contributed by atoms with Crippen LogP contribution in [0.25, 0.3) is 0 Å². The van der Waals surface area contributed by atoms with E-state index in [0.717, 1.165) is 11.8 Å². The Labute approximate surface area is 123 Å². The topological polar surface area (TPSA) is 51.6 Å². The predicted octanol–water partition coefficient (Wildman–Crippen LogP) is 2.69. The van der Waals surface area contributed by atoms with E-state index in [-0.39, 0.29) is 12.0 Å². The van der Waals surface area contributed by atoms with Crippen LogP contribution in [0.3, 0.4) is 0 Å². The first kappa shape index (κ1) is 15.3. The third-order valence-corrected chi connectivity index (χ3v) is 3.35. The molecule has 21 heavy (non-hydrogen) atoms. The van der Waals surface area contributed by atoms with E-state index < -0.39 is 11.4 Å². The van der Waals surface area contributed by atoms with Crippen molar-refractivity contribution >= 4 is 0 Å². The van der Waals surface area contributed by atoms with Crippen molar-refractivity contribution in [3.63, 3.8) is 0 Å². The highest BCUT2D eigenvalue weighted by Gasteiger charge is 2.27. The van der Waals surface area contributed by atoms with Crippen LogP contribution in [0.5, 0.6) is 11.5 Å². The van der Waals surface area contributed by atoms with Gasteiger partial charge in [-0.1, -0.05) is 6.07 Å². The first-order valence-corrected chi connectivity index (χ1v) is 6.51. The van der Waals surface area contributed by atoms with Crippen LogP contribution in [0.4, 0.5) is 4.39 Å². The van der Waals surface area contributed by atoms with E-state index in [0.29, 0.717) is 11.5 Å². The molecule has 0 saturated heterocycles. The number of ether oxygens (including phenoxy) is 2. The van der Waals surface area contributed by atoms with Gasteiger partial charge in [-0.3, -0.25) is 4.98 Å². The van der Waals surface area contributed by atoms with Crippen molar-refractivity contribution in [2.24, 2.45) is 0 Å². The van der Waals surface area contributed by atoms with E-state index in [1.165, 1.54) is 12.3 Å². The molecule has 2 aromatic rings. The van der Waals surface area contributed by atoms with Crippen LogP contribution in [0.1, 0.15) is 18.1 Å². The molecular weight excluding hydrogens is 273 g/mol. The Balaban J connectivity index is 2.30. The zero-order valence-corrected chi connectivity index (χ0v) is 12.3. The summed E-state index contributed by atoms with van der Waals surface area (Å²) in [7, 11) is 3.10. The molecule has 1 N–H and O–H groups in total. The maximum Gasteiger partial charge on any atom is 0.160 e. The van der Waals surface area contributed by atoms with Crippen molar-refractivity contribution in [3.8, 4) is 11.5 Å². The van der Waals surface area contributed by atoms with Gasteiger partial charge >= 0.3 is 0 Å². The Morgan fingerprint density at radius 2 is 1.90 bits per heavy atom. The Morgan fingerprint density at radius 1 is 1.19 bits per heavy atom. The largest absolute Gasteiger partial charge is 0.493 e. The summed E-state index contributed by atoms with van der Waals surface area (Å²) >= 11 is 0. The summed E-state index contributed by atoms with van der Waals surface area (Å²) < 4.78 is 24.2. The third-order valence-electron chi connectivity index (χ3n) is 3.35. The summed E-state index contributed by atoms with van der Waals surface area (Å²) in [6.45, 7) is 1.57. The number of aliphatic hydroxyl groups is 1. The molecule has 0 aliphatic carbocycles. The van der Waals surface area contributed by atoms with Crippen molar-refractivity contribution in [2.75, 3.05) is 14.2 Å². The second-order valence-electron chi connectivity index (χ2n) is 5.00. The van der Waals surface area contributed by atoms with Crippen LogP contribution in [0.15, 0.2) is 36.7 Å². The van der Waals surface area contributed by atoms with Gasteiger partial charge < -0.3 is 14.6 Å². The number of hydrogen-bond acceptors (Lipinski definition) is 4. The van der Waals surface area contributed by atoms with E-state index in [2.05, 4.69) is 4.98 Å². The molecule has 0 bridgehead atoms. The number of pyridine rings is 1. The van der Waals surface area contributed by atoms with Crippen LogP contribution in [0, 0.1) is 5.82 Å². The number of nitrogens with zero attached hydrogens (tertiary/aromatic N) is 1. The lowest BCUT2D eigenvalue weighted by molar-refractivity contribution is 0.0536. The zero-order valence-electron chi connectivity index (χ0n) is 12.3. The van der Waals surface area contributed by atoms with E-state index in [9.17, 15) is 9.50 Å². The quantitative estimate of drug-likeness (QED) is 0.920. The van der Waals surface area contributed by atoms with Gasteiger partial charge in [0, 0.05) is 18.2 Å². The van der Waals surface area contributed by atoms with Gasteiger partial charge in [-0.25, -0.2) is 4.39 Å². The number of aromatic nitrogens is 1. The van der Waals surface area contributed by atoms with Crippen molar-refractivity contribution in [1.29, 1.82) is 0 Å². The zero-order chi connectivity index (χ0) is 15.5. The molecule has 1 atom stereocenters. The number of hydrogen-bond donors (Lipinski definition) is 1. The first-order chi connectivity index (χ1) is 9.97. The van der Waals surface area contributed by atoms with E-state index in [4.69, 9.17) is 9.47 Å². The lowest BCUT2D eigenvalue weighted by Gasteiger charge is -2.24. The Morgan fingerprint density at radius 3 is 2.52 bits per heavy atom. The Hall–Kier alpha value is -2.14. The Kier molecular flexibility index (Phi) is 4.43. The van der Waals surface area contributed by atoms with Crippen LogP contribution < -0.4 is 9.47 Å². The minimum absolute atomic E-state index is 0.215. The fraction of sp³-hybridized carbons (Fsp3) is 0.312. The maximum atomic E-state index is 13.8. The summed E-state index contributed by atoms with van der Waals surface area (Å²) in [4.78, 5) is 3.69. The van der Waals surface area contributed by atoms with E-state index >= 15 is 0 Å². The minimum atomic E-state index is -1.34. The van der Waals surface area contributed by atoms with Gasteiger partial charge in [0.15, 0.2) is 11.5 Å². The summed E-state index contributed by atoms with van der Waals surface area (Å²) in [5, 5.41) is 10.6. The van der Waals surface area contributed by atoms with Crippen molar-refractivity contribution in [2.45, 2.75) is 18.9 Å². The number of rotatable bonds is 5. The van der Waals surface area contributed by atoms with Gasteiger partial charge in [0.1, 0.15) is 5.82 Å². The van der Waals surface area contributed by atoms with Crippen LogP contribution in [-0.4, -0.2) is 24.3 Å². The van der Waals surface area contributed by atoms with Crippen LogP contribution >= 0.6 is 0 Å². The van der Waals surface area contributed by atoms with Crippen LogP contribution in [-0.2, 0) is 12.0 Å². The lowest BCUT2D eigenvalue weighted by Crippen LogP contribution is -2.25. The average Bonchev–Trinajstić information content (AvgIpc) is 2.47. The average molecular weight is 291 g/mol. The monoisotopic (exact) mass is 291 g/mol. The smallest absolute Gasteiger partial charge is 0.160 e. The molecule has 0 fully saturated rings. The molecule has 0 spiro atoms. The highest BCUT2D eigenvalue weighted by molar-refractivity contribution is 5.43. The molecule has 0 aliphatic rings. The third kappa shape index (κ3) is 3.31. The normalized spacial score (nSPS) is 13.6. The van der Waals surface area contributed by atoms with Gasteiger partial charge in [0.25, 0.3) is 0 Å². The fourth-order valence-corrected chi connectivity index (χ4v) is 2.30. The van der Waals surface area contributed by atoms with Crippen molar-refractivity contribution in [3.05, 3.63) is 53.6 Å². The summed E-state index contributed by atoms with van der Waals surface area (Å²) in [6, 6.07) is 6.82. The number of halogens is 1. The molecule has 2 rings (SSSR count). The molecule has 0 radical (unpaired) electrons. The fourth-order valence-electron chi connectivity index (χ4n) is 2.30. The van der Waals surface area contributed by atoms with E-state index in [1.54, 1.807) is 33.3 Å². The van der Waals surface area contributed by atoms with Crippen LogP contribution in [0.2, 0.25) is 0 Å². The molecular formula is C16H18FNO3. The van der Waals surface area contributed by atoms with E-state index in [1.807, 2.05) is 6.07 Å². The molecule has 0 aliphatic heterocycles. The van der Waals surface area contributed by atoms with Crippen molar-refractivity contribution < 1.29 is 19.0 Å². The summed E-state index contributed by atoms with van der Waals surface area (Å²) in [5.41, 5.74) is -0.312. The second-order valence-corrected chi connectivity index (χ2v) is 5.00. The van der Waals surface area contributed by atoms with Gasteiger partial charge in [0.2, 0.25) is 0 Å². The standard InChI is InChI=1S/C16H18FNO3/c1-16(19,12-6-7-18-10-13(12)17)9-11-4-5-14(20-2)15(8-11)21-3/h4-8,10,19H,9H2,1-3H3. The molecule has 1 aromatic carbocycles. The molecule has 112 valence electrons. The van der Waals surface area contributed by atoms with Gasteiger partial charge in [-0.2, -0.15) is 0 Å². The van der Waals surface area contributed by atoms with Gasteiger partial charge in [-0.05, 0) is 30.7 Å². The Bertz CT molecular complexity index is 629. The number of benzene rings is 1. The molecule has 5 heteroatoms.